The lowest BCUT2D eigenvalue weighted by Gasteiger charge is -2.16. The Kier molecular flexibility index (Phi) is 4.84. The Morgan fingerprint density at radius 1 is 1.14 bits per heavy atom. The standard InChI is InChI=1S/C18H26N2S/c1-12-6-13(2)8-14(7-12)9-15(10-19)17-20-16(11-21-17)18(3,4)5/h6-8,11,15H,9-10,19H2,1-5H3. The van der Waals surface area contributed by atoms with Crippen LogP contribution in [0.5, 0.6) is 0 Å². The van der Waals surface area contributed by atoms with Crippen LogP contribution in [0.15, 0.2) is 23.6 Å². The predicted octanol–water partition coefficient (Wildman–Crippen LogP) is 4.34. The van der Waals surface area contributed by atoms with Crippen molar-refractivity contribution >= 4 is 11.3 Å². The second kappa shape index (κ2) is 6.29. The van der Waals surface area contributed by atoms with Gasteiger partial charge in [-0.3, -0.25) is 0 Å². The molecule has 2 N–H and O–H groups in total. The monoisotopic (exact) mass is 302 g/mol. The molecule has 114 valence electrons. The second-order valence-electron chi connectivity index (χ2n) is 6.95. The predicted molar refractivity (Wildman–Crippen MR) is 92.2 cm³/mol. The molecule has 21 heavy (non-hydrogen) atoms. The molecule has 1 unspecified atom stereocenters. The van der Waals surface area contributed by atoms with Crippen molar-refractivity contribution in [1.82, 2.24) is 4.98 Å². The Hall–Kier alpha value is -1.19. The molecule has 0 saturated heterocycles. The van der Waals surface area contributed by atoms with Gasteiger partial charge in [-0.05, 0) is 25.8 Å². The van der Waals surface area contributed by atoms with Crippen molar-refractivity contribution in [3.8, 4) is 0 Å². The van der Waals surface area contributed by atoms with E-state index in [1.165, 1.54) is 27.4 Å². The molecule has 0 aliphatic heterocycles. The number of rotatable bonds is 4. The summed E-state index contributed by atoms with van der Waals surface area (Å²) in [5, 5.41) is 3.35. The Morgan fingerprint density at radius 2 is 1.76 bits per heavy atom. The summed E-state index contributed by atoms with van der Waals surface area (Å²) >= 11 is 1.75. The molecule has 0 aliphatic rings. The third kappa shape index (κ3) is 4.14. The van der Waals surface area contributed by atoms with Gasteiger partial charge < -0.3 is 5.73 Å². The van der Waals surface area contributed by atoms with E-state index in [1.807, 2.05) is 0 Å². The number of benzene rings is 1. The van der Waals surface area contributed by atoms with Crippen LogP contribution >= 0.6 is 11.3 Å². The molecule has 2 aromatic rings. The van der Waals surface area contributed by atoms with Crippen LogP contribution in [0.3, 0.4) is 0 Å². The van der Waals surface area contributed by atoms with Crippen LogP contribution in [0.25, 0.3) is 0 Å². The van der Waals surface area contributed by atoms with Gasteiger partial charge in [0.1, 0.15) is 0 Å². The zero-order valence-electron chi connectivity index (χ0n) is 13.7. The summed E-state index contributed by atoms with van der Waals surface area (Å²) in [6.07, 6.45) is 0.968. The number of hydrogen-bond donors (Lipinski definition) is 1. The normalized spacial score (nSPS) is 13.4. The van der Waals surface area contributed by atoms with Crippen molar-refractivity contribution in [2.45, 2.75) is 52.4 Å². The molecule has 1 atom stereocenters. The zero-order chi connectivity index (χ0) is 15.6. The fraction of sp³-hybridized carbons (Fsp3) is 0.500. The Labute approximate surface area is 132 Å². The van der Waals surface area contributed by atoms with E-state index >= 15 is 0 Å². The van der Waals surface area contributed by atoms with Crippen LogP contribution in [0.2, 0.25) is 0 Å². The molecular formula is C18H26N2S. The molecule has 0 bridgehead atoms. The van der Waals surface area contributed by atoms with E-state index in [2.05, 4.69) is 58.2 Å². The van der Waals surface area contributed by atoms with Crippen molar-refractivity contribution < 1.29 is 0 Å². The van der Waals surface area contributed by atoms with Crippen LogP contribution in [-0.4, -0.2) is 11.5 Å². The first-order valence-electron chi connectivity index (χ1n) is 7.52. The molecule has 0 aliphatic carbocycles. The molecule has 1 aromatic heterocycles. The fourth-order valence-corrected chi connectivity index (χ4v) is 3.72. The number of nitrogens with zero attached hydrogens (tertiary/aromatic N) is 1. The summed E-state index contributed by atoms with van der Waals surface area (Å²) in [6, 6.07) is 6.73. The van der Waals surface area contributed by atoms with Gasteiger partial charge in [0.15, 0.2) is 0 Å². The molecule has 3 heteroatoms. The molecule has 2 rings (SSSR count). The lowest BCUT2D eigenvalue weighted by atomic mass is 9.93. The van der Waals surface area contributed by atoms with Crippen molar-refractivity contribution in [3.05, 3.63) is 51.0 Å². The van der Waals surface area contributed by atoms with Gasteiger partial charge in [0.25, 0.3) is 0 Å². The minimum absolute atomic E-state index is 0.105. The van der Waals surface area contributed by atoms with Crippen LogP contribution in [0.1, 0.15) is 54.1 Å². The summed E-state index contributed by atoms with van der Waals surface area (Å²) in [5.74, 6) is 0.312. The van der Waals surface area contributed by atoms with E-state index in [4.69, 9.17) is 10.7 Å². The van der Waals surface area contributed by atoms with Crippen molar-refractivity contribution in [2.24, 2.45) is 5.73 Å². The highest BCUT2D eigenvalue weighted by atomic mass is 32.1. The van der Waals surface area contributed by atoms with E-state index < -0.39 is 0 Å². The van der Waals surface area contributed by atoms with Crippen molar-refractivity contribution in [1.29, 1.82) is 0 Å². The van der Waals surface area contributed by atoms with E-state index in [-0.39, 0.29) is 5.41 Å². The van der Waals surface area contributed by atoms with Crippen LogP contribution < -0.4 is 5.73 Å². The first kappa shape index (κ1) is 16.2. The third-order valence-corrected chi connectivity index (χ3v) is 4.69. The maximum Gasteiger partial charge on any atom is 0.0975 e. The quantitative estimate of drug-likeness (QED) is 0.912. The highest BCUT2D eigenvalue weighted by Gasteiger charge is 2.21. The number of hydrogen-bond acceptors (Lipinski definition) is 3. The highest BCUT2D eigenvalue weighted by Crippen LogP contribution is 2.29. The average molecular weight is 302 g/mol. The lowest BCUT2D eigenvalue weighted by molar-refractivity contribution is 0.566. The Balaban J connectivity index is 2.22. The maximum atomic E-state index is 6.01. The summed E-state index contributed by atoms with van der Waals surface area (Å²) in [6.45, 7) is 11.5. The summed E-state index contributed by atoms with van der Waals surface area (Å²) in [5.41, 5.74) is 11.3. The molecular weight excluding hydrogens is 276 g/mol. The van der Waals surface area contributed by atoms with Gasteiger partial charge in [-0.25, -0.2) is 4.98 Å². The number of nitrogens with two attached hydrogens (primary N) is 1. The molecule has 2 nitrogen and oxygen atoms in total. The Bertz CT molecular complexity index is 588. The first-order chi connectivity index (χ1) is 9.79. The van der Waals surface area contributed by atoms with Crippen molar-refractivity contribution in [3.63, 3.8) is 0 Å². The van der Waals surface area contributed by atoms with Gasteiger partial charge in [0, 0.05) is 23.3 Å². The molecule has 0 saturated carbocycles. The van der Waals surface area contributed by atoms with Gasteiger partial charge in [-0.15, -0.1) is 11.3 Å². The van der Waals surface area contributed by atoms with Crippen LogP contribution in [0, 0.1) is 13.8 Å². The van der Waals surface area contributed by atoms with Gasteiger partial charge in [-0.1, -0.05) is 50.1 Å². The molecule has 0 amide bonds. The highest BCUT2D eigenvalue weighted by molar-refractivity contribution is 7.09. The first-order valence-corrected chi connectivity index (χ1v) is 8.40. The SMILES string of the molecule is Cc1cc(C)cc(CC(CN)c2nc(C(C)(C)C)cs2)c1. The summed E-state index contributed by atoms with van der Waals surface area (Å²) < 4.78 is 0. The largest absolute Gasteiger partial charge is 0.330 e. The van der Waals surface area contributed by atoms with Crippen molar-refractivity contribution in [2.75, 3.05) is 6.54 Å². The molecule has 0 fully saturated rings. The van der Waals surface area contributed by atoms with E-state index in [1.54, 1.807) is 11.3 Å². The van der Waals surface area contributed by atoms with E-state index in [0.717, 1.165) is 6.42 Å². The fourth-order valence-electron chi connectivity index (χ4n) is 2.56. The van der Waals surface area contributed by atoms with E-state index in [0.29, 0.717) is 12.5 Å². The van der Waals surface area contributed by atoms with Gasteiger partial charge in [-0.2, -0.15) is 0 Å². The maximum absolute atomic E-state index is 6.01. The summed E-state index contributed by atoms with van der Waals surface area (Å²) in [7, 11) is 0. The minimum Gasteiger partial charge on any atom is -0.330 e. The number of thiazole rings is 1. The third-order valence-electron chi connectivity index (χ3n) is 3.69. The Morgan fingerprint density at radius 3 is 2.24 bits per heavy atom. The number of aromatic nitrogens is 1. The average Bonchev–Trinajstić information content (AvgIpc) is 2.84. The van der Waals surface area contributed by atoms with Gasteiger partial charge >= 0.3 is 0 Å². The van der Waals surface area contributed by atoms with Gasteiger partial charge in [0.05, 0.1) is 10.7 Å². The number of aryl methyl sites for hydroxylation is 2. The molecule has 0 radical (unpaired) electrons. The second-order valence-corrected chi connectivity index (χ2v) is 7.84. The van der Waals surface area contributed by atoms with E-state index in [9.17, 15) is 0 Å². The lowest BCUT2D eigenvalue weighted by Crippen LogP contribution is -2.16. The molecule has 0 spiro atoms. The van der Waals surface area contributed by atoms with Gasteiger partial charge in [0.2, 0.25) is 0 Å². The zero-order valence-corrected chi connectivity index (χ0v) is 14.6. The molecule has 1 aromatic carbocycles. The summed E-state index contributed by atoms with van der Waals surface area (Å²) in [4.78, 5) is 4.83. The topological polar surface area (TPSA) is 38.9 Å². The minimum atomic E-state index is 0.105. The smallest absolute Gasteiger partial charge is 0.0975 e. The molecule has 1 heterocycles. The van der Waals surface area contributed by atoms with Crippen LogP contribution in [0.4, 0.5) is 0 Å². The van der Waals surface area contributed by atoms with Crippen LogP contribution in [-0.2, 0) is 11.8 Å².